The zero-order valence-corrected chi connectivity index (χ0v) is 10.7. The summed E-state index contributed by atoms with van der Waals surface area (Å²) in [6.07, 6.45) is 2.12. The molecule has 1 atom stereocenters. The van der Waals surface area contributed by atoms with E-state index in [-0.39, 0.29) is 19.4 Å². The fraction of sp³-hybridized carbons (Fsp3) is 0.800. The van der Waals surface area contributed by atoms with E-state index in [0.29, 0.717) is 19.3 Å². The number of hydrogen-bond donors (Lipinski definition) is 2. The Morgan fingerprint density at radius 2 is 2.06 bits per heavy atom. The number of carboxylic acid groups (broad SMARTS) is 1. The molecule has 0 bridgehead atoms. The van der Waals surface area contributed by atoms with Crippen molar-refractivity contribution in [2.75, 3.05) is 6.54 Å². The van der Waals surface area contributed by atoms with Crippen LogP contribution in [0.4, 0.5) is 0 Å². The van der Waals surface area contributed by atoms with Gasteiger partial charge in [-0.3, -0.25) is 4.79 Å². The molecule has 0 radical (unpaired) electrons. The first-order valence-electron chi connectivity index (χ1n) is 5.54. The van der Waals surface area contributed by atoms with Crippen molar-refractivity contribution in [1.29, 1.82) is 5.26 Å². The van der Waals surface area contributed by atoms with Crippen molar-refractivity contribution in [1.82, 2.24) is 4.72 Å². The van der Waals surface area contributed by atoms with E-state index in [1.54, 1.807) is 13.0 Å². The summed E-state index contributed by atoms with van der Waals surface area (Å²) in [5.74, 6) is -0.846. The molecule has 0 fully saturated rings. The number of aliphatic carboxylic acids is 1. The van der Waals surface area contributed by atoms with Crippen molar-refractivity contribution in [3.05, 3.63) is 0 Å². The zero-order valence-electron chi connectivity index (χ0n) is 9.85. The van der Waals surface area contributed by atoms with Crippen LogP contribution in [0.3, 0.4) is 0 Å². The van der Waals surface area contributed by atoms with Gasteiger partial charge < -0.3 is 5.11 Å². The third kappa shape index (κ3) is 6.92. The number of nitrogens with one attached hydrogen (secondary N) is 1. The summed E-state index contributed by atoms with van der Waals surface area (Å²) < 4.78 is 25.4. The first kappa shape index (κ1) is 15.9. The lowest BCUT2D eigenvalue weighted by Crippen LogP contribution is -2.33. The standard InChI is InChI=1S/C10H18N2O4S/c1-2-9(8-11)17(15,16)12-7-5-3-4-6-10(13)14/h9,12H,2-7H2,1H3,(H,13,14). The number of hydrogen-bond acceptors (Lipinski definition) is 4. The molecule has 17 heavy (non-hydrogen) atoms. The average Bonchev–Trinajstić information content (AvgIpc) is 2.24. The molecular weight excluding hydrogens is 244 g/mol. The van der Waals surface area contributed by atoms with Gasteiger partial charge >= 0.3 is 5.97 Å². The molecule has 6 nitrogen and oxygen atoms in total. The highest BCUT2D eigenvalue weighted by molar-refractivity contribution is 7.90. The molecule has 0 saturated heterocycles. The Bertz CT molecular complexity index is 372. The summed E-state index contributed by atoms with van der Waals surface area (Å²) in [5, 5.41) is 16.0. The first-order valence-corrected chi connectivity index (χ1v) is 7.08. The predicted molar refractivity (Wildman–Crippen MR) is 62.7 cm³/mol. The number of nitrogens with zero attached hydrogens (tertiary/aromatic N) is 1. The number of sulfonamides is 1. The molecule has 0 aliphatic heterocycles. The van der Waals surface area contributed by atoms with E-state index in [1.807, 2.05) is 0 Å². The number of carbonyl (C=O) groups is 1. The summed E-state index contributed by atoms with van der Waals surface area (Å²) in [7, 11) is -3.55. The van der Waals surface area contributed by atoms with Gasteiger partial charge in [0, 0.05) is 13.0 Å². The number of unbranched alkanes of at least 4 members (excludes halogenated alkanes) is 2. The van der Waals surface area contributed by atoms with Gasteiger partial charge in [0.05, 0.1) is 6.07 Å². The van der Waals surface area contributed by atoms with Crippen molar-refractivity contribution in [3.63, 3.8) is 0 Å². The molecular formula is C10H18N2O4S. The monoisotopic (exact) mass is 262 g/mol. The quantitative estimate of drug-likeness (QED) is 0.599. The number of rotatable bonds is 9. The molecule has 0 aromatic heterocycles. The van der Waals surface area contributed by atoms with Crippen LogP contribution >= 0.6 is 0 Å². The van der Waals surface area contributed by atoms with Gasteiger partial charge in [-0.05, 0) is 19.3 Å². The SMILES string of the molecule is CCC(C#N)S(=O)(=O)NCCCCCC(=O)O. The van der Waals surface area contributed by atoms with Gasteiger partial charge in [0.1, 0.15) is 0 Å². The lowest BCUT2D eigenvalue weighted by atomic mass is 10.2. The minimum atomic E-state index is -3.55. The second-order valence-corrected chi connectivity index (χ2v) is 5.62. The van der Waals surface area contributed by atoms with Crippen LogP contribution in [0, 0.1) is 11.3 Å². The smallest absolute Gasteiger partial charge is 0.303 e. The fourth-order valence-corrected chi connectivity index (χ4v) is 2.48. The highest BCUT2D eigenvalue weighted by atomic mass is 32.2. The Morgan fingerprint density at radius 3 is 2.53 bits per heavy atom. The molecule has 0 amide bonds. The lowest BCUT2D eigenvalue weighted by Gasteiger charge is -2.09. The van der Waals surface area contributed by atoms with Crippen molar-refractivity contribution in [2.24, 2.45) is 0 Å². The lowest BCUT2D eigenvalue weighted by molar-refractivity contribution is -0.137. The van der Waals surface area contributed by atoms with Crippen LogP contribution in [0.15, 0.2) is 0 Å². The van der Waals surface area contributed by atoms with Crippen LogP contribution < -0.4 is 4.72 Å². The molecule has 0 heterocycles. The molecule has 0 rings (SSSR count). The van der Waals surface area contributed by atoms with Crippen LogP contribution in [0.5, 0.6) is 0 Å². The second kappa shape index (κ2) is 8.03. The Morgan fingerprint density at radius 1 is 1.41 bits per heavy atom. The molecule has 98 valence electrons. The first-order chi connectivity index (χ1) is 7.94. The van der Waals surface area contributed by atoms with E-state index in [4.69, 9.17) is 10.4 Å². The minimum absolute atomic E-state index is 0.0997. The van der Waals surface area contributed by atoms with Gasteiger partial charge in [-0.15, -0.1) is 0 Å². The van der Waals surface area contributed by atoms with Gasteiger partial charge in [-0.1, -0.05) is 13.3 Å². The zero-order chi connectivity index (χ0) is 13.3. The summed E-state index contributed by atoms with van der Waals surface area (Å²) in [6, 6.07) is 1.73. The molecule has 2 N–H and O–H groups in total. The van der Waals surface area contributed by atoms with Crippen molar-refractivity contribution in [3.8, 4) is 6.07 Å². The van der Waals surface area contributed by atoms with Crippen molar-refractivity contribution >= 4 is 16.0 Å². The maximum absolute atomic E-state index is 11.5. The van der Waals surface area contributed by atoms with Crippen molar-refractivity contribution < 1.29 is 18.3 Å². The molecule has 0 aliphatic rings. The third-order valence-corrected chi connectivity index (χ3v) is 4.05. The molecule has 0 aromatic carbocycles. The Kier molecular flexibility index (Phi) is 7.50. The molecule has 7 heteroatoms. The van der Waals surface area contributed by atoms with E-state index in [9.17, 15) is 13.2 Å². The summed E-state index contributed by atoms with van der Waals surface area (Å²) in [4.78, 5) is 10.2. The van der Waals surface area contributed by atoms with E-state index >= 15 is 0 Å². The maximum Gasteiger partial charge on any atom is 0.303 e. The second-order valence-electron chi connectivity index (χ2n) is 3.67. The minimum Gasteiger partial charge on any atom is -0.481 e. The Labute approximate surface area is 102 Å². The molecule has 1 unspecified atom stereocenters. The topological polar surface area (TPSA) is 107 Å². The van der Waals surface area contributed by atoms with Gasteiger partial charge in [0.2, 0.25) is 10.0 Å². The van der Waals surface area contributed by atoms with Gasteiger partial charge in [-0.25, -0.2) is 13.1 Å². The molecule has 0 aromatic rings. The van der Waals surface area contributed by atoms with Crippen LogP contribution in [-0.2, 0) is 14.8 Å². The molecule has 0 saturated carbocycles. The van der Waals surface area contributed by atoms with Crippen LogP contribution in [0.1, 0.15) is 39.0 Å². The van der Waals surface area contributed by atoms with Crippen LogP contribution in [0.25, 0.3) is 0 Å². The molecule has 0 aliphatic carbocycles. The van der Waals surface area contributed by atoms with E-state index in [0.717, 1.165) is 0 Å². The largest absolute Gasteiger partial charge is 0.481 e. The van der Waals surface area contributed by atoms with Crippen molar-refractivity contribution in [2.45, 2.75) is 44.3 Å². The average molecular weight is 262 g/mol. The maximum atomic E-state index is 11.5. The normalized spacial score (nSPS) is 12.9. The van der Waals surface area contributed by atoms with Crippen LogP contribution in [0.2, 0.25) is 0 Å². The molecule has 0 spiro atoms. The van der Waals surface area contributed by atoms with E-state index < -0.39 is 21.2 Å². The highest BCUT2D eigenvalue weighted by Crippen LogP contribution is 2.04. The van der Waals surface area contributed by atoms with E-state index in [2.05, 4.69) is 4.72 Å². The number of carboxylic acids is 1. The number of nitriles is 1. The van der Waals surface area contributed by atoms with Gasteiger partial charge in [0.25, 0.3) is 0 Å². The van der Waals surface area contributed by atoms with Gasteiger partial charge in [0.15, 0.2) is 5.25 Å². The van der Waals surface area contributed by atoms with Gasteiger partial charge in [-0.2, -0.15) is 5.26 Å². The summed E-state index contributed by atoms with van der Waals surface area (Å²) >= 11 is 0. The van der Waals surface area contributed by atoms with E-state index in [1.165, 1.54) is 0 Å². The Hall–Kier alpha value is -1.13. The summed E-state index contributed by atoms with van der Waals surface area (Å²) in [5.41, 5.74) is 0. The summed E-state index contributed by atoms with van der Waals surface area (Å²) in [6.45, 7) is 1.89. The third-order valence-electron chi connectivity index (χ3n) is 2.26. The highest BCUT2D eigenvalue weighted by Gasteiger charge is 2.22. The van der Waals surface area contributed by atoms with Crippen LogP contribution in [-0.4, -0.2) is 31.3 Å². The predicted octanol–water partition coefficient (Wildman–Crippen LogP) is 0.853. The fourth-order valence-electron chi connectivity index (χ4n) is 1.27. The Balaban J connectivity index is 3.82.